The molecule has 7 heteroatoms. The van der Waals surface area contributed by atoms with Crippen LogP contribution in [-0.4, -0.2) is 33.8 Å². The Balaban J connectivity index is 0.00000210. The molecule has 0 unspecified atom stereocenters. The first kappa shape index (κ1) is 20.1. The number of para-hydroxylation sites is 1. The maximum atomic E-state index is 4.90. The number of aromatic nitrogens is 3. The van der Waals surface area contributed by atoms with Crippen LogP contribution in [0.4, 0.5) is 5.69 Å². The number of nitrogens with zero attached hydrogens (tertiary/aromatic N) is 5. The van der Waals surface area contributed by atoms with E-state index >= 15 is 0 Å². The maximum Gasteiger partial charge on any atom is 0.198 e. The van der Waals surface area contributed by atoms with Crippen LogP contribution in [0.3, 0.4) is 0 Å². The van der Waals surface area contributed by atoms with Crippen molar-refractivity contribution in [3.05, 3.63) is 41.5 Å². The lowest BCUT2D eigenvalue weighted by Crippen LogP contribution is -2.43. The van der Waals surface area contributed by atoms with Gasteiger partial charge in [0, 0.05) is 31.2 Å². The van der Waals surface area contributed by atoms with Gasteiger partial charge in [-0.25, -0.2) is 4.99 Å². The fraction of sp³-hybridized carbons (Fsp3) is 0.550. The number of aryl methyl sites for hydroxylation is 1. The predicted octanol–water partition coefficient (Wildman–Crippen LogP) is 3.54. The van der Waals surface area contributed by atoms with Gasteiger partial charge in [0.05, 0.1) is 0 Å². The average molecular weight is 480 g/mol. The fourth-order valence-electron chi connectivity index (χ4n) is 4.43. The normalized spacial score (nSPS) is 17.9. The first-order valence-electron chi connectivity index (χ1n) is 9.65. The number of benzene rings is 1. The number of anilines is 1. The highest BCUT2D eigenvalue weighted by atomic mass is 127. The quantitative estimate of drug-likeness (QED) is 0.415. The van der Waals surface area contributed by atoms with Crippen LogP contribution >= 0.6 is 24.0 Å². The van der Waals surface area contributed by atoms with Gasteiger partial charge in [-0.05, 0) is 38.3 Å². The van der Waals surface area contributed by atoms with Gasteiger partial charge < -0.3 is 14.8 Å². The van der Waals surface area contributed by atoms with Crippen molar-refractivity contribution in [3.8, 4) is 0 Å². The average Bonchev–Trinajstić information content (AvgIpc) is 3.34. The molecule has 2 heterocycles. The third kappa shape index (κ3) is 3.58. The van der Waals surface area contributed by atoms with Crippen LogP contribution in [0.2, 0.25) is 0 Å². The first-order valence-corrected chi connectivity index (χ1v) is 9.65. The zero-order chi connectivity index (χ0) is 18.1. The van der Waals surface area contributed by atoms with Crippen molar-refractivity contribution in [3.63, 3.8) is 0 Å². The molecule has 146 valence electrons. The van der Waals surface area contributed by atoms with Gasteiger partial charge in [-0.2, -0.15) is 0 Å². The van der Waals surface area contributed by atoms with Crippen LogP contribution in [0.15, 0.2) is 29.3 Å². The highest BCUT2D eigenvalue weighted by Gasteiger charge is 2.45. The van der Waals surface area contributed by atoms with Gasteiger partial charge in [0.1, 0.15) is 12.4 Å². The summed E-state index contributed by atoms with van der Waals surface area (Å²) in [5.41, 5.74) is 3.11. The minimum Gasteiger partial charge on any atom is -0.356 e. The third-order valence-electron chi connectivity index (χ3n) is 5.93. The van der Waals surface area contributed by atoms with Crippen LogP contribution in [0.1, 0.15) is 49.8 Å². The van der Waals surface area contributed by atoms with Crippen LogP contribution in [-0.2, 0) is 19.0 Å². The number of aliphatic imine (C=N–C) groups is 1. The summed E-state index contributed by atoms with van der Waals surface area (Å²) >= 11 is 0. The molecule has 0 saturated heterocycles. The van der Waals surface area contributed by atoms with Crippen LogP contribution < -0.4 is 10.2 Å². The molecule has 0 radical (unpaired) electrons. The lowest BCUT2D eigenvalue weighted by molar-refractivity contribution is 0.478. The lowest BCUT2D eigenvalue weighted by atomic mass is 9.81. The second kappa shape index (κ2) is 8.16. The Morgan fingerprint density at radius 2 is 1.96 bits per heavy atom. The van der Waals surface area contributed by atoms with E-state index < -0.39 is 0 Å². The Bertz CT molecular complexity index is 822. The molecule has 4 rings (SSSR count). The van der Waals surface area contributed by atoms with Gasteiger partial charge in [0.2, 0.25) is 0 Å². The van der Waals surface area contributed by atoms with Crippen LogP contribution in [0.5, 0.6) is 0 Å². The SMILES string of the molecule is CCNC(=NCc1nnc(C)n1C)N1CC2(CCCC2)c2ccccc21.I. The van der Waals surface area contributed by atoms with Gasteiger partial charge in [-0.1, -0.05) is 31.0 Å². The first-order chi connectivity index (χ1) is 12.6. The van der Waals surface area contributed by atoms with E-state index in [4.69, 9.17) is 4.99 Å². The Morgan fingerprint density at radius 1 is 1.22 bits per heavy atom. The molecule has 1 aliphatic carbocycles. The predicted molar refractivity (Wildman–Crippen MR) is 120 cm³/mol. The molecular formula is C20H29IN6. The molecule has 0 amide bonds. The lowest BCUT2D eigenvalue weighted by Gasteiger charge is -2.26. The van der Waals surface area contributed by atoms with E-state index in [0.29, 0.717) is 12.0 Å². The molecule has 2 aromatic rings. The van der Waals surface area contributed by atoms with E-state index in [0.717, 1.165) is 30.7 Å². The van der Waals surface area contributed by atoms with Gasteiger partial charge in [0.25, 0.3) is 0 Å². The van der Waals surface area contributed by atoms with Crippen molar-refractivity contribution >= 4 is 35.6 Å². The Kier molecular flexibility index (Phi) is 6.08. The van der Waals surface area contributed by atoms with Crippen molar-refractivity contribution in [2.24, 2.45) is 12.0 Å². The number of rotatable bonds is 3. The highest BCUT2D eigenvalue weighted by Crippen LogP contribution is 2.50. The molecule has 1 fully saturated rings. The number of fused-ring (bicyclic) bond motifs is 2. The molecule has 2 aliphatic rings. The largest absolute Gasteiger partial charge is 0.356 e. The van der Waals surface area contributed by atoms with Crippen LogP contribution in [0.25, 0.3) is 0 Å². The second-order valence-corrected chi connectivity index (χ2v) is 7.48. The molecule has 0 bridgehead atoms. The molecule has 1 aliphatic heterocycles. The van der Waals surface area contributed by atoms with Crippen molar-refractivity contribution < 1.29 is 0 Å². The van der Waals surface area contributed by atoms with Gasteiger partial charge in [-0.3, -0.25) is 0 Å². The molecule has 6 nitrogen and oxygen atoms in total. The Morgan fingerprint density at radius 3 is 2.63 bits per heavy atom. The van der Waals surface area contributed by atoms with Crippen molar-refractivity contribution in [1.29, 1.82) is 0 Å². The molecular weight excluding hydrogens is 451 g/mol. The summed E-state index contributed by atoms with van der Waals surface area (Å²) in [5, 5.41) is 11.9. The zero-order valence-corrected chi connectivity index (χ0v) is 18.7. The Labute approximate surface area is 178 Å². The van der Waals surface area contributed by atoms with Crippen LogP contribution in [0, 0.1) is 6.92 Å². The van der Waals surface area contributed by atoms with E-state index in [-0.39, 0.29) is 24.0 Å². The summed E-state index contributed by atoms with van der Waals surface area (Å²) in [6, 6.07) is 8.86. The smallest absolute Gasteiger partial charge is 0.198 e. The summed E-state index contributed by atoms with van der Waals surface area (Å²) in [7, 11) is 1.99. The van der Waals surface area contributed by atoms with Gasteiger partial charge in [0.15, 0.2) is 11.8 Å². The Hall–Kier alpha value is -1.64. The van der Waals surface area contributed by atoms with E-state index in [2.05, 4.69) is 51.6 Å². The van der Waals surface area contributed by atoms with E-state index in [9.17, 15) is 0 Å². The monoisotopic (exact) mass is 480 g/mol. The second-order valence-electron chi connectivity index (χ2n) is 7.48. The molecule has 1 saturated carbocycles. The summed E-state index contributed by atoms with van der Waals surface area (Å²) < 4.78 is 2.00. The van der Waals surface area contributed by atoms with Gasteiger partial charge >= 0.3 is 0 Å². The molecule has 1 N–H and O–H groups in total. The molecule has 1 aromatic carbocycles. The number of halogens is 1. The van der Waals surface area contributed by atoms with Gasteiger partial charge in [-0.15, -0.1) is 34.2 Å². The molecule has 1 spiro atoms. The minimum absolute atomic E-state index is 0. The molecule has 27 heavy (non-hydrogen) atoms. The van der Waals surface area contributed by atoms with E-state index in [1.54, 1.807) is 0 Å². The summed E-state index contributed by atoms with van der Waals surface area (Å²) in [4.78, 5) is 7.28. The summed E-state index contributed by atoms with van der Waals surface area (Å²) in [5.74, 6) is 2.75. The maximum absolute atomic E-state index is 4.90. The van der Waals surface area contributed by atoms with E-state index in [1.807, 2.05) is 18.5 Å². The summed E-state index contributed by atoms with van der Waals surface area (Å²) in [6.45, 7) is 6.49. The molecule has 1 aromatic heterocycles. The minimum atomic E-state index is 0. The standard InChI is InChI=1S/C20H28N6.HI/c1-4-21-19(22-13-18-24-23-15(2)25(18)3)26-14-20(11-7-8-12-20)16-9-5-6-10-17(16)26;/h5-6,9-10H,4,7-8,11-14H2,1-3H3,(H,21,22);1H. The zero-order valence-electron chi connectivity index (χ0n) is 16.4. The molecule has 0 atom stereocenters. The number of nitrogens with one attached hydrogen (secondary N) is 1. The number of hydrogen-bond donors (Lipinski definition) is 1. The van der Waals surface area contributed by atoms with Crippen molar-refractivity contribution in [2.75, 3.05) is 18.0 Å². The van der Waals surface area contributed by atoms with E-state index in [1.165, 1.54) is 36.9 Å². The third-order valence-corrected chi connectivity index (χ3v) is 5.93. The van der Waals surface area contributed by atoms with Crippen molar-refractivity contribution in [2.45, 2.75) is 51.5 Å². The fourth-order valence-corrected chi connectivity index (χ4v) is 4.43. The number of guanidine groups is 1. The number of hydrogen-bond acceptors (Lipinski definition) is 3. The van der Waals surface area contributed by atoms with Crippen molar-refractivity contribution in [1.82, 2.24) is 20.1 Å². The highest BCUT2D eigenvalue weighted by molar-refractivity contribution is 14.0. The summed E-state index contributed by atoms with van der Waals surface area (Å²) in [6.07, 6.45) is 5.22. The topological polar surface area (TPSA) is 58.3 Å².